The molecule has 1 fully saturated rings. The zero-order valence-electron chi connectivity index (χ0n) is 16.6. The number of methoxy groups -OCH3 is 1. The number of anilines is 1. The number of hydrogen-bond donors (Lipinski definition) is 0. The topological polar surface area (TPSA) is 42.7 Å². The molecule has 0 amide bonds. The highest BCUT2D eigenvalue weighted by Crippen LogP contribution is 2.30. The van der Waals surface area contributed by atoms with E-state index in [1.54, 1.807) is 7.11 Å². The Balaban J connectivity index is 1.67. The predicted molar refractivity (Wildman–Crippen MR) is 116 cm³/mol. The van der Waals surface area contributed by atoms with Crippen LogP contribution < -0.4 is 9.64 Å². The zero-order valence-corrected chi connectivity index (χ0v) is 16.6. The van der Waals surface area contributed by atoms with Crippen LogP contribution in [0.2, 0.25) is 0 Å². The van der Waals surface area contributed by atoms with E-state index in [-0.39, 0.29) is 0 Å². The van der Waals surface area contributed by atoms with Gasteiger partial charge in [0.15, 0.2) is 5.65 Å². The van der Waals surface area contributed by atoms with Crippen molar-refractivity contribution in [2.45, 2.75) is 19.3 Å². The quantitative estimate of drug-likeness (QED) is 0.493. The molecule has 4 aromatic rings. The van der Waals surface area contributed by atoms with E-state index < -0.39 is 0 Å². The van der Waals surface area contributed by atoms with Gasteiger partial charge in [0.25, 0.3) is 0 Å². The van der Waals surface area contributed by atoms with Crippen molar-refractivity contribution in [1.82, 2.24) is 14.6 Å². The van der Waals surface area contributed by atoms with Gasteiger partial charge in [-0.1, -0.05) is 42.5 Å². The summed E-state index contributed by atoms with van der Waals surface area (Å²) in [6, 6.07) is 22.6. The molecule has 1 saturated heterocycles. The van der Waals surface area contributed by atoms with E-state index in [9.17, 15) is 0 Å². The Bertz CT molecular complexity index is 1130. The lowest BCUT2D eigenvalue weighted by Gasteiger charge is -2.29. The molecule has 3 heterocycles. The summed E-state index contributed by atoms with van der Waals surface area (Å²) < 4.78 is 7.38. The van der Waals surface area contributed by atoms with Crippen LogP contribution in [0.15, 0.2) is 66.7 Å². The van der Waals surface area contributed by atoms with Gasteiger partial charge in [-0.3, -0.25) is 0 Å². The van der Waals surface area contributed by atoms with E-state index in [1.165, 1.54) is 19.3 Å². The van der Waals surface area contributed by atoms with Crippen molar-refractivity contribution in [1.29, 1.82) is 0 Å². The maximum Gasteiger partial charge on any atom is 0.158 e. The molecule has 146 valence electrons. The molecule has 1 aliphatic heterocycles. The van der Waals surface area contributed by atoms with Gasteiger partial charge in [0.1, 0.15) is 11.6 Å². The second-order valence-corrected chi connectivity index (χ2v) is 7.44. The fourth-order valence-corrected chi connectivity index (χ4v) is 3.99. The summed E-state index contributed by atoms with van der Waals surface area (Å²) in [5, 5.41) is 4.93. The van der Waals surface area contributed by atoms with E-state index in [0.29, 0.717) is 0 Å². The van der Waals surface area contributed by atoms with E-state index >= 15 is 0 Å². The number of benzene rings is 2. The van der Waals surface area contributed by atoms with Gasteiger partial charge in [0, 0.05) is 36.3 Å². The fraction of sp³-hybridized carbons (Fsp3) is 0.250. The summed E-state index contributed by atoms with van der Waals surface area (Å²) in [6.07, 6.45) is 3.73. The number of aromatic nitrogens is 3. The van der Waals surface area contributed by atoms with Crippen molar-refractivity contribution in [3.63, 3.8) is 0 Å². The average Bonchev–Trinajstić information content (AvgIpc) is 3.24. The molecule has 29 heavy (non-hydrogen) atoms. The summed E-state index contributed by atoms with van der Waals surface area (Å²) in [5.41, 5.74) is 4.90. The molecule has 1 aliphatic rings. The van der Waals surface area contributed by atoms with Crippen LogP contribution in [0, 0.1) is 0 Å². The van der Waals surface area contributed by atoms with Gasteiger partial charge in [0.2, 0.25) is 0 Å². The summed E-state index contributed by atoms with van der Waals surface area (Å²) in [7, 11) is 1.69. The Morgan fingerprint density at radius 1 is 0.793 bits per heavy atom. The normalized spacial score (nSPS) is 14.3. The highest BCUT2D eigenvalue weighted by Gasteiger charge is 2.18. The lowest BCUT2D eigenvalue weighted by molar-refractivity contribution is 0.415. The maximum atomic E-state index is 5.39. The molecule has 5 nitrogen and oxygen atoms in total. The Kier molecular flexibility index (Phi) is 4.64. The van der Waals surface area contributed by atoms with Crippen molar-refractivity contribution in [2.75, 3.05) is 25.1 Å². The van der Waals surface area contributed by atoms with Crippen LogP contribution in [0.4, 0.5) is 5.82 Å². The minimum atomic E-state index is 0.828. The molecule has 0 radical (unpaired) electrons. The van der Waals surface area contributed by atoms with Gasteiger partial charge in [0.05, 0.1) is 18.5 Å². The first-order chi connectivity index (χ1) is 14.3. The van der Waals surface area contributed by atoms with Gasteiger partial charge in [-0.15, -0.1) is 0 Å². The van der Waals surface area contributed by atoms with Crippen LogP contribution in [0.3, 0.4) is 0 Å². The van der Waals surface area contributed by atoms with Crippen LogP contribution in [-0.2, 0) is 0 Å². The molecule has 0 atom stereocenters. The number of hydrogen-bond acceptors (Lipinski definition) is 4. The third-order valence-electron chi connectivity index (χ3n) is 5.52. The minimum Gasteiger partial charge on any atom is -0.497 e. The first-order valence-corrected chi connectivity index (χ1v) is 10.2. The van der Waals surface area contributed by atoms with Crippen molar-refractivity contribution in [3.8, 4) is 28.3 Å². The van der Waals surface area contributed by atoms with Gasteiger partial charge in [-0.2, -0.15) is 9.61 Å². The molecule has 0 N–H and O–H groups in total. The van der Waals surface area contributed by atoms with Crippen LogP contribution in [0.5, 0.6) is 5.75 Å². The molecule has 0 spiro atoms. The second kappa shape index (κ2) is 7.59. The molecule has 5 heteroatoms. The highest BCUT2D eigenvalue weighted by molar-refractivity contribution is 5.71. The zero-order chi connectivity index (χ0) is 19.6. The van der Waals surface area contributed by atoms with E-state index in [4.69, 9.17) is 14.8 Å². The largest absolute Gasteiger partial charge is 0.497 e. The molecule has 0 unspecified atom stereocenters. The third-order valence-corrected chi connectivity index (χ3v) is 5.52. The molecule has 0 saturated carbocycles. The number of piperidine rings is 1. The summed E-state index contributed by atoms with van der Waals surface area (Å²) in [5.74, 6) is 1.94. The van der Waals surface area contributed by atoms with Crippen molar-refractivity contribution < 1.29 is 4.74 Å². The van der Waals surface area contributed by atoms with E-state index in [0.717, 1.165) is 52.8 Å². The van der Waals surface area contributed by atoms with Crippen molar-refractivity contribution in [3.05, 3.63) is 66.7 Å². The predicted octanol–water partition coefficient (Wildman–Crippen LogP) is 5.06. The summed E-state index contributed by atoms with van der Waals surface area (Å²) in [6.45, 7) is 2.11. The van der Waals surface area contributed by atoms with Crippen LogP contribution in [-0.4, -0.2) is 34.8 Å². The first kappa shape index (κ1) is 17.7. The summed E-state index contributed by atoms with van der Waals surface area (Å²) >= 11 is 0. The van der Waals surface area contributed by atoms with Crippen molar-refractivity contribution in [2.24, 2.45) is 0 Å². The molecular weight excluding hydrogens is 360 g/mol. The van der Waals surface area contributed by atoms with Crippen molar-refractivity contribution >= 4 is 11.5 Å². The van der Waals surface area contributed by atoms with Gasteiger partial charge < -0.3 is 9.64 Å². The van der Waals surface area contributed by atoms with Crippen LogP contribution in [0.25, 0.3) is 28.2 Å². The Morgan fingerprint density at radius 2 is 1.59 bits per heavy atom. The van der Waals surface area contributed by atoms with E-state index in [1.807, 2.05) is 28.8 Å². The molecule has 0 bridgehead atoms. The van der Waals surface area contributed by atoms with Crippen LogP contribution >= 0.6 is 0 Å². The van der Waals surface area contributed by atoms with Gasteiger partial charge in [-0.25, -0.2) is 4.98 Å². The number of fused-ring (bicyclic) bond motifs is 1. The third kappa shape index (κ3) is 3.44. The molecule has 2 aromatic carbocycles. The SMILES string of the molecule is COc1cccc(-c2cc3nc(-c4ccccc4)cc(N4CCCCC4)n3n2)c1. The Morgan fingerprint density at radius 3 is 2.38 bits per heavy atom. The van der Waals surface area contributed by atoms with E-state index in [2.05, 4.69) is 47.4 Å². The smallest absolute Gasteiger partial charge is 0.158 e. The monoisotopic (exact) mass is 384 g/mol. The standard InChI is InChI=1S/C24H24N4O/c1-29-20-12-8-11-19(15-20)22-16-23-25-21(18-9-4-2-5-10-18)17-24(28(23)26-22)27-13-6-3-7-14-27/h2,4-5,8-12,15-17H,3,6-7,13-14H2,1H3. The highest BCUT2D eigenvalue weighted by atomic mass is 16.5. The number of rotatable bonds is 4. The average molecular weight is 384 g/mol. The summed E-state index contributed by atoms with van der Waals surface area (Å²) in [4.78, 5) is 7.37. The molecule has 5 rings (SSSR count). The minimum absolute atomic E-state index is 0.828. The first-order valence-electron chi connectivity index (χ1n) is 10.2. The van der Waals surface area contributed by atoms with Gasteiger partial charge >= 0.3 is 0 Å². The molecular formula is C24H24N4O. The number of ether oxygens (including phenoxy) is 1. The Labute approximate surface area is 170 Å². The Hall–Kier alpha value is -3.34. The maximum absolute atomic E-state index is 5.39. The second-order valence-electron chi connectivity index (χ2n) is 7.44. The van der Waals surface area contributed by atoms with Gasteiger partial charge in [-0.05, 0) is 31.4 Å². The lowest BCUT2D eigenvalue weighted by Crippen LogP contribution is -2.31. The molecule has 0 aliphatic carbocycles. The fourth-order valence-electron chi connectivity index (χ4n) is 3.99. The lowest BCUT2D eigenvalue weighted by atomic mass is 10.1. The molecule has 2 aromatic heterocycles. The van der Waals surface area contributed by atoms with Crippen LogP contribution in [0.1, 0.15) is 19.3 Å². The number of nitrogens with zero attached hydrogens (tertiary/aromatic N) is 4.